The van der Waals surface area contributed by atoms with Crippen molar-refractivity contribution in [3.05, 3.63) is 42.7 Å². The molecule has 1 rings (SSSR count). The van der Waals surface area contributed by atoms with Crippen LogP contribution in [0.5, 0.6) is 0 Å². The summed E-state index contributed by atoms with van der Waals surface area (Å²) in [5.74, 6) is -0.907. The Balaban J connectivity index is 2.64. The first-order chi connectivity index (χ1) is 8.15. The molecule has 1 aromatic rings. The molecule has 0 radical (unpaired) electrons. The average molecular weight is 233 g/mol. The molecule has 0 aromatic carbocycles. The van der Waals surface area contributed by atoms with E-state index in [2.05, 4.69) is 16.9 Å². The van der Waals surface area contributed by atoms with E-state index >= 15 is 0 Å². The Bertz CT molecular complexity index is 403. The lowest BCUT2D eigenvalue weighted by molar-refractivity contribution is -0.119. The smallest absolute Gasteiger partial charge is 0.253 e. The Labute approximate surface area is 99.7 Å². The second kappa shape index (κ2) is 6.42. The number of allylic oxidation sites excluding steroid dienone is 1. The number of aromatic nitrogens is 1. The summed E-state index contributed by atoms with van der Waals surface area (Å²) in [4.78, 5) is 26.7. The topological polar surface area (TPSA) is 85.1 Å². The molecular weight excluding hydrogens is 218 g/mol. The van der Waals surface area contributed by atoms with E-state index in [-0.39, 0.29) is 5.91 Å². The van der Waals surface area contributed by atoms with Crippen molar-refractivity contribution in [1.29, 1.82) is 0 Å². The second-order valence-corrected chi connectivity index (χ2v) is 3.54. The van der Waals surface area contributed by atoms with Gasteiger partial charge in [-0.25, -0.2) is 0 Å². The van der Waals surface area contributed by atoms with Gasteiger partial charge in [-0.1, -0.05) is 6.08 Å². The lowest BCUT2D eigenvalue weighted by Crippen LogP contribution is -2.44. The molecule has 0 fully saturated rings. The van der Waals surface area contributed by atoms with Crippen LogP contribution in [0.25, 0.3) is 0 Å². The van der Waals surface area contributed by atoms with Crippen LogP contribution in [0.1, 0.15) is 23.2 Å². The van der Waals surface area contributed by atoms with Gasteiger partial charge >= 0.3 is 0 Å². The second-order valence-electron chi connectivity index (χ2n) is 3.54. The molecule has 0 aliphatic heterocycles. The number of amides is 2. The molecule has 0 bridgehead atoms. The number of carbonyl (C=O) groups excluding carboxylic acids is 2. The average Bonchev–Trinajstić information content (AvgIpc) is 2.35. The largest absolute Gasteiger partial charge is 0.368 e. The van der Waals surface area contributed by atoms with E-state index in [0.717, 1.165) is 0 Å². The molecule has 3 N–H and O–H groups in total. The summed E-state index contributed by atoms with van der Waals surface area (Å²) in [5.41, 5.74) is 5.60. The van der Waals surface area contributed by atoms with Crippen molar-refractivity contribution in [2.45, 2.75) is 18.9 Å². The van der Waals surface area contributed by atoms with Gasteiger partial charge in [0, 0.05) is 12.4 Å². The summed E-state index contributed by atoms with van der Waals surface area (Å²) in [6.45, 7) is 3.55. The molecular formula is C12H15N3O2. The predicted molar refractivity (Wildman–Crippen MR) is 64.1 cm³/mol. The Kier molecular flexibility index (Phi) is 4.87. The third kappa shape index (κ3) is 4.06. The molecule has 0 aliphatic rings. The SMILES string of the molecule is C=CCC[C@H](NC(=O)c1cccnc1)C(N)=O. The van der Waals surface area contributed by atoms with Crippen LogP contribution in [0.4, 0.5) is 0 Å². The van der Waals surface area contributed by atoms with Gasteiger partial charge in [0.25, 0.3) is 5.91 Å². The minimum atomic E-state index is -0.680. The number of carbonyl (C=O) groups is 2. The Morgan fingerprint density at radius 1 is 1.59 bits per heavy atom. The van der Waals surface area contributed by atoms with E-state index in [1.807, 2.05) is 0 Å². The minimum absolute atomic E-state index is 0.356. The molecule has 1 aromatic heterocycles. The van der Waals surface area contributed by atoms with Gasteiger partial charge in [-0.2, -0.15) is 0 Å². The highest BCUT2D eigenvalue weighted by Gasteiger charge is 2.17. The summed E-state index contributed by atoms with van der Waals surface area (Å²) in [5, 5.41) is 2.57. The first kappa shape index (κ1) is 12.9. The fraction of sp³-hybridized carbons (Fsp3) is 0.250. The first-order valence-electron chi connectivity index (χ1n) is 5.26. The highest BCUT2D eigenvalue weighted by atomic mass is 16.2. The third-order valence-corrected chi connectivity index (χ3v) is 2.23. The van der Waals surface area contributed by atoms with Crippen LogP contribution in [-0.4, -0.2) is 22.8 Å². The molecule has 90 valence electrons. The maximum atomic E-state index is 11.7. The molecule has 1 heterocycles. The zero-order valence-corrected chi connectivity index (χ0v) is 9.43. The van der Waals surface area contributed by atoms with Gasteiger partial charge in [-0.15, -0.1) is 6.58 Å². The van der Waals surface area contributed by atoms with Crippen molar-refractivity contribution in [2.75, 3.05) is 0 Å². The molecule has 5 nitrogen and oxygen atoms in total. The monoisotopic (exact) mass is 233 g/mol. The van der Waals surface area contributed by atoms with Gasteiger partial charge in [-0.3, -0.25) is 14.6 Å². The van der Waals surface area contributed by atoms with Gasteiger partial charge < -0.3 is 11.1 Å². The van der Waals surface area contributed by atoms with Crippen molar-refractivity contribution in [3.63, 3.8) is 0 Å². The maximum Gasteiger partial charge on any atom is 0.253 e. The Morgan fingerprint density at radius 3 is 2.88 bits per heavy atom. The number of pyridine rings is 1. The molecule has 0 spiro atoms. The van der Waals surface area contributed by atoms with Crippen LogP contribution in [0, 0.1) is 0 Å². The summed E-state index contributed by atoms with van der Waals surface area (Å²) in [7, 11) is 0. The lowest BCUT2D eigenvalue weighted by atomic mass is 10.1. The molecule has 0 unspecified atom stereocenters. The third-order valence-electron chi connectivity index (χ3n) is 2.23. The highest BCUT2D eigenvalue weighted by Crippen LogP contribution is 2.01. The number of hydrogen-bond acceptors (Lipinski definition) is 3. The van der Waals surface area contributed by atoms with Gasteiger partial charge in [-0.05, 0) is 25.0 Å². The maximum absolute atomic E-state index is 11.7. The molecule has 0 saturated carbocycles. The fourth-order valence-corrected chi connectivity index (χ4v) is 1.31. The number of primary amides is 1. The fourth-order valence-electron chi connectivity index (χ4n) is 1.31. The van der Waals surface area contributed by atoms with Crippen molar-refractivity contribution in [2.24, 2.45) is 5.73 Å². The highest BCUT2D eigenvalue weighted by molar-refractivity contribution is 5.96. The zero-order chi connectivity index (χ0) is 12.7. The summed E-state index contributed by atoms with van der Waals surface area (Å²) in [6, 6.07) is 2.59. The van der Waals surface area contributed by atoms with Gasteiger partial charge in [0.1, 0.15) is 6.04 Å². The Morgan fingerprint density at radius 2 is 2.35 bits per heavy atom. The van der Waals surface area contributed by atoms with Crippen LogP contribution >= 0.6 is 0 Å². The molecule has 1 atom stereocenters. The van der Waals surface area contributed by atoms with Gasteiger partial charge in [0.2, 0.25) is 5.91 Å². The van der Waals surface area contributed by atoms with E-state index in [9.17, 15) is 9.59 Å². The summed E-state index contributed by atoms with van der Waals surface area (Å²) >= 11 is 0. The van der Waals surface area contributed by atoms with E-state index in [0.29, 0.717) is 18.4 Å². The van der Waals surface area contributed by atoms with Crippen molar-refractivity contribution in [1.82, 2.24) is 10.3 Å². The molecule has 0 saturated heterocycles. The molecule has 2 amide bonds. The van der Waals surface area contributed by atoms with E-state index in [1.165, 1.54) is 6.20 Å². The van der Waals surface area contributed by atoms with E-state index < -0.39 is 11.9 Å². The number of nitrogens with one attached hydrogen (secondary N) is 1. The molecule has 17 heavy (non-hydrogen) atoms. The van der Waals surface area contributed by atoms with Crippen molar-refractivity contribution < 1.29 is 9.59 Å². The van der Waals surface area contributed by atoms with Crippen LogP contribution in [0.15, 0.2) is 37.2 Å². The van der Waals surface area contributed by atoms with Crippen molar-refractivity contribution in [3.8, 4) is 0 Å². The van der Waals surface area contributed by atoms with Gasteiger partial charge in [0.05, 0.1) is 5.56 Å². The molecule has 5 heteroatoms. The summed E-state index contributed by atoms with van der Waals surface area (Å²) < 4.78 is 0. The standard InChI is InChI=1S/C12H15N3O2/c1-2-3-6-10(11(13)16)15-12(17)9-5-4-7-14-8-9/h2,4-5,7-8,10H,1,3,6H2,(H2,13,16)(H,15,17)/t10-/m0/s1. The number of nitrogens with zero attached hydrogens (tertiary/aromatic N) is 1. The van der Waals surface area contributed by atoms with Crippen LogP contribution in [0.2, 0.25) is 0 Å². The number of nitrogens with two attached hydrogens (primary N) is 1. The van der Waals surface area contributed by atoms with Gasteiger partial charge in [0.15, 0.2) is 0 Å². The van der Waals surface area contributed by atoms with Crippen LogP contribution in [0.3, 0.4) is 0 Å². The quantitative estimate of drug-likeness (QED) is 0.707. The van der Waals surface area contributed by atoms with Crippen LogP contribution < -0.4 is 11.1 Å². The summed E-state index contributed by atoms with van der Waals surface area (Å²) in [6.07, 6.45) is 5.73. The minimum Gasteiger partial charge on any atom is -0.368 e. The predicted octanol–water partition coefficient (Wildman–Crippen LogP) is 0.631. The Hall–Kier alpha value is -2.17. The zero-order valence-electron chi connectivity index (χ0n) is 9.43. The van der Waals surface area contributed by atoms with E-state index in [4.69, 9.17) is 5.73 Å². The van der Waals surface area contributed by atoms with Crippen LogP contribution in [-0.2, 0) is 4.79 Å². The number of rotatable bonds is 6. The van der Waals surface area contributed by atoms with Crippen molar-refractivity contribution >= 4 is 11.8 Å². The normalized spacial score (nSPS) is 11.5. The first-order valence-corrected chi connectivity index (χ1v) is 5.26. The van der Waals surface area contributed by atoms with E-state index in [1.54, 1.807) is 24.4 Å². The lowest BCUT2D eigenvalue weighted by Gasteiger charge is -2.14. The molecule has 0 aliphatic carbocycles. The number of hydrogen-bond donors (Lipinski definition) is 2.